The zero-order chi connectivity index (χ0) is 21.7. The van der Waals surface area contributed by atoms with Crippen LogP contribution in [0.5, 0.6) is 5.75 Å². The highest BCUT2D eigenvalue weighted by atomic mass is 32.2. The van der Waals surface area contributed by atoms with E-state index in [0.29, 0.717) is 16.3 Å². The number of benzene rings is 1. The van der Waals surface area contributed by atoms with Crippen molar-refractivity contribution in [2.24, 2.45) is 0 Å². The summed E-state index contributed by atoms with van der Waals surface area (Å²) in [4.78, 5) is 26.2. The maximum Gasteiger partial charge on any atom is 0.341 e. The molecule has 0 unspecified atom stereocenters. The first-order chi connectivity index (χ1) is 14.4. The topological polar surface area (TPSA) is 98.8 Å². The maximum absolute atomic E-state index is 12.5. The number of anilines is 1. The number of nitrogens with one attached hydrogen (secondary N) is 1. The monoisotopic (exact) mass is 451 g/mol. The van der Waals surface area contributed by atoms with E-state index in [1.807, 2.05) is 0 Å². The van der Waals surface area contributed by atoms with E-state index >= 15 is 0 Å². The first-order valence-electron chi connectivity index (χ1n) is 9.84. The Morgan fingerprint density at radius 1 is 1.13 bits per heavy atom. The number of aryl methyl sites for hydroxylation is 1. The number of methoxy groups -OCH3 is 1. The molecule has 9 heteroatoms. The maximum atomic E-state index is 12.5. The highest BCUT2D eigenvalue weighted by Gasteiger charge is 2.27. The smallest absolute Gasteiger partial charge is 0.341 e. The lowest BCUT2D eigenvalue weighted by Gasteiger charge is -2.12. The van der Waals surface area contributed by atoms with Crippen LogP contribution < -0.4 is 10.1 Å². The number of rotatable bonds is 8. The summed E-state index contributed by atoms with van der Waals surface area (Å²) in [6, 6.07) is 6.04. The summed E-state index contributed by atoms with van der Waals surface area (Å²) in [5, 5.41) is 3.19. The zero-order valence-electron chi connectivity index (χ0n) is 17.0. The van der Waals surface area contributed by atoms with Gasteiger partial charge in [-0.2, -0.15) is 0 Å². The summed E-state index contributed by atoms with van der Waals surface area (Å²) >= 11 is 1.38. The Bertz CT molecular complexity index is 1020. The number of ether oxygens (including phenoxy) is 2. The first kappa shape index (κ1) is 22.3. The molecule has 1 heterocycles. The molecule has 30 heavy (non-hydrogen) atoms. The summed E-state index contributed by atoms with van der Waals surface area (Å²) in [6.45, 7) is 1.98. The predicted octanol–water partition coefficient (Wildman–Crippen LogP) is 3.61. The van der Waals surface area contributed by atoms with Gasteiger partial charge >= 0.3 is 5.97 Å². The number of sulfone groups is 1. The van der Waals surface area contributed by atoms with Crippen LogP contribution in [0.2, 0.25) is 0 Å². The normalized spacial score (nSPS) is 13.4. The van der Waals surface area contributed by atoms with E-state index in [9.17, 15) is 18.0 Å². The minimum atomic E-state index is -3.61. The molecule has 1 aliphatic carbocycles. The number of carbonyl (C=O) groups excluding carboxylic acids is 2. The van der Waals surface area contributed by atoms with Crippen molar-refractivity contribution in [1.29, 1.82) is 0 Å². The summed E-state index contributed by atoms with van der Waals surface area (Å²) in [5.74, 6) is -0.667. The molecule has 0 fully saturated rings. The van der Waals surface area contributed by atoms with Gasteiger partial charge in [0, 0.05) is 11.3 Å². The molecule has 0 saturated heterocycles. The minimum absolute atomic E-state index is 0.134. The van der Waals surface area contributed by atoms with Crippen molar-refractivity contribution in [2.75, 3.05) is 24.8 Å². The molecule has 162 valence electrons. The van der Waals surface area contributed by atoms with Gasteiger partial charge in [-0.3, -0.25) is 4.79 Å². The van der Waals surface area contributed by atoms with E-state index in [-0.39, 0.29) is 23.7 Å². The Morgan fingerprint density at radius 3 is 2.50 bits per heavy atom. The fraction of sp³-hybridized carbons (Fsp3) is 0.429. The summed E-state index contributed by atoms with van der Waals surface area (Å²) in [7, 11) is -2.11. The van der Waals surface area contributed by atoms with Crippen LogP contribution in [0.25, 0.3) is 0 Å². The third kappa shape index (κ3) is 5.02. The van der Waals surface area contributed by atoms with Crippen LogP contribution in [0.15, 0.2) is 29.2 Å². The van der Waals surface area contributed by atoms with Crippen LogP contribution in [0.3, 0.4) is 0 Å². The second-order valence-electron chi connectivity index (χ2n) is 6.93. The van der Waals surface area contributed by atoms with Crippen molar-refractivity contribution in [1.82, 2.24) is 0 Å². The summed E-state index contributed by atoms with van der Waals surface area (Å²) in [5.41, 5.74) is 1.37. The van der Waals surface area contributed by atoms with Gasteiger partial charge in [0.1, 0.15) is 10.8 Å². The van der Waals surface area contributed by atoms with Crippen LogP contribution >= 0.6 is 11.3 Å². The highest BCUT2D eigenvalue weighted by molar-refractivity contribution is 7.91. The summed E-state index contributed by atoms with van der Waals surface area (Å²) < 4.78 is 35.2. The Morgan fingerprint density at radius 2 is 1.83 bits per heavy atom. The molecule has 3 rings (SSSR count). The van der Waals surface area contributed by atoms with Gasteiger partial charge in [0.05, 0.1) is 29.9 Å². The quantitative estimate of drug-likeness (QED) is 0.616. The van der Waals surface area contributed by atoms with Gasteiger partial charge in [-0.05, 0) is 62.4 Å². The Labute approximate surface area is 180 Å². The number of esters is 1. The highest BCUT2D eigenvalue weighted by Crippen LogP contribution is 2.38. The largest absolute Gasteiger partial charge is 0.497 e. The third-order valence-electron chi connectivity index (χ3n) is 4.92. The van der Waals surface area contributed by atoms with Crippen LogP contribution in [0.1, 0.15) is 47.0 Å². The average molecular weight is 452 g/mol. The molecule has 1 N–H and O–H groups in total. The third-order valence-corrected chi connectivity index (χ3v) is 7.86. The molecule has 1 aromatic heterocycles. The number of hydrogen-bond donors (Lipinski definition) is 1. The molecular weight excluding hydrogens is 426 g/mol. The molecule has 1 aromatic carbocycles. The molecule has 1 aliphatic rings. The number of carbonyl (C=O) groups is 2. The second kappa shape index (κ2) is 9.61. The van der Waals surface area contributed by atoms with E-state index in [4.69, 9.17) is 9.47 Å². The average Bonchev–Trinajstić information content (AvgIpc) is 3.10. The lowest BCUT2D eigenvalue weighted by Crippen LogP contribution is -2.19. The molecule has 1 amide bonds. The van der Waals surface area contributed by atoms with Crippen molar-refractivity contribution in [3.8, 4) is 5.75 Å². The van der Waals surface area contributed by atoms with Crippen molar-refractivity contribution in [3.05, 3.63) is 40.3 Å². The Kier molecular flexibility index (Phi) is 7.14. The summed E-state index contributed by atoms with van der Waals surface area (Å²) in [6.07, 6.45) is 3.47. The molecule has 0 saturated carbocycles. The Balaban J connectivity index is 1.71. The molecule has 2 aromatic rings. The predicted molar refractivity (Wildman–Crippen MR) is 115 cm³/mol. The molecule has 0 atom stereocenters. The molecular formula is C21H25NO6S2. The van der Waals surface area contributed by atoms with Gasteiger partial charge in [-0.25, -0.2) is 13.2 Å². The number of amides is 1. The van der Waals surface area contributed by atoms with Gasteiger partial charge in [-0.15, -0.1) is 11.3 Å². The zero-order valence-corrected chi connectivity index (χ0v) is 18.7. The van der Waals surface area contributed by atoms with E-state index in [1.165, 1.54) is 30.6 Å². The molecule has 0 spiro atoms. The molecule has 0 bridgehead atoms. The standard InChI is InChI=1S/C21H25NO6S2/c1-3-28-21(24)19-16-6-4-5-7-17(16)29-20(19)22-18(23)12-13-30(25,26)15-10-8-14(27-2)9-11-15/h8-11H,3-7,12-13H2,1-2H3,(H,22,23). The van der Waals surface area contributed by atoms with E-state index < -0.39 is 21.7 Å². The fourth-order valence-electron chi connectivity index (χ4n) is 3.39. The molecule has 0 radical (unpaired) electrons. The number of thiophene rings is 1. The fourth-order valence-corrected chi connectivity index (χ4v) is 5.92. The van der Waals surface area contributed by atoms with Gasteiger partial charge in [0.25, 0.3) is 0 Å². The molecule has 7 nitrogen and oxygen atoms in total. The van der Waals surface area contributed by atoms with E-state index in [2.05, 4.69) is 5.32 Å². The van der Waals surface area contributed by atoms with Crippen LogP contribution in [-0.4, -0.2) is 39.8 Å². The van der Waals surface area contributed by atoms with Crippen LogP contribution in [0.4, 0.5) is 5.00 Å². The van der Waals surface area contributed by atoms with Gasteiger partial charge in [-0.1, -0.05) is 0 Å². The van der Waals surface area contributed by atoms with Crippen molar-refractivity contribution >= 4 is 38.1 Å². The molecule has 0 aliphatic heterocycles. The van der Waals surface area contributed by atoms with Crippen molar-refractivity contribution in [2.45, 2.75) is 43.9 Å². The lowest BCUT2D eigenvalue weighted by molar-refractivity contribution is -0.115. The van der Waals surface area contributed by atoms with Crippen molar-refractivity contribution in [3.63, 3.8) is 0 Å². The number of fused-ring (bicyclic) bond motifs is 1. The Hall–Kier alpha value is -2.39. The number of hydrogen-bond acceptors (Lipinski definition) is 7. The van der Waals surface area contributed by atoms with E-state index in [0.717, 1.165) is 36.1 Å². The van der Waals surface area contributed by atoms with Crippen molar-refractivity contribution < 1.29 is 27.5 Å². The minimum Gasteiger partial charge on any atom is -0.497 e. The van der Waals surface area contributed by atoms with Gasteiger partial charge < -0.3 is 14.8 Å². The SMILES string of the molecule is CCOC(=O)c1c(NC(=O)CCS(=O)(=O)c2ccc(OC)cc2)sc2c1CCCC2. The second-order valence-corrected chi connectivity index (χ2v) is 10.1. The van der Waals surface area contributed by atoms with Gasteiger partial charge in [0.2, 0.25) is 5.91 Å². The van der Waals surface area contributed by atoms with Crippen LogP contribution in [0, 0.1) is 0 Å². The van der Waals surface area contributed by atoms with Crippen LogP contribution in [-0.2, 0) is 32.2 Å². The van der Waals surface area contributed by atoms with Gasteiger partial charge in [0.15, 0.2) is 9.84 Å². The first-order valence-corrected chi connectivity index (χ1v) is 12.3. The van der Waals surface area contributed by atoms with E-state index in [1.54, 1.807) is 19.1 Å². The lowest BCUT2D eigenvalue weighted by atomic mass is 9.95.